The van der Waals surface area contributed by atoms with E-state index < -0.39 is 15.9 Å². The Morgan fingerprint density at radius 2 is 1.75 bits per heavy atom. The summed E-state index contributed by atoms with van der Waals surface area (Å²) in [4.78, 5) is 12.3. The Labute approximate surface area is 191 Å². The number of hydrogen-bond acceptors (Lipinski definition) is 4. The number of benzene rings is 2. The molecule has 0 fully saturated rings. The second-order valence-corrected chi connectivity index (χ2v) is 9.14. The van der Waals surface area contributed by atoms with Gasteiger partial charge in [0.1, 0.15) is 11.0 Å². The van der Waals surface area contributed by atoms with Crippen LogP contribution in [0.5, 0.6) is 0 Å². The lowest BCUT2D eigenvalue weighted by molar-refractivity contribution is -0.116. The van der Waals surface area contributed by atoms with E-state index in [2.05, 4.69) is 15.1 Å². The largest absolute Gasteiger partial charge is 0.351 e. The van der Waals surface area contributed by atoms with E-state index in [1.165, 1.54) is 41.1 Å². The van der Waals surface area contributed by atoms with Crippen molar-refractivity contribution in [2.45, 2.75) is 18.7 Å². The van der Waals surface area contributed by atoms with Gasteiger partial charge in [-0.1, -0.05) is 29.3 Å². The summed E-state index contributed by atoms with van der Waals surface area (Å²) in [5.74, 6) is -0.781. The Hall–Kier alpha value is -3.01. The summed E-state index contributed by atoms with van der Waals surface area (Å²) in [7, 11) is -3.64. The van der Waals surface area contributed by atoms with Gasteiger partial charge in [-0.15, -0.1) is 0 Å². The topological polar surface area (TPSA) is 93.1 Å². The maximum Gasteiger partial charge on any atom is 0.244 e. The lowest BCUT2D eigenvalue weighted by Crippen LogP contribution is -2.34. The third-order valence-electron chi connectivity index (χ3n) is 4.57. The summed E-state index contributed by atoms with van der Waals surface area (Å²) in [6.07, 6.45) is 2.82. The predicted octanol–water partition coefficient (Wildman–Crippen LogP) is 3.39. The first-order valence-corrected chi connectivity index (χ1v) is 11.6. The summed E-state index contributed by atoms with van der Waals surface area (Å²) >= 11 is 6.38. The number of amides is 1. The van der Waals surface area contributed by atoms with Crippen molar-refractivity contribution in [1.29, 1.82) is 0 Å². The Kier molecular flexibility index (Phi) is 7.44. The summed E-state index contributed by atoms with van der Waals surface area (Å²) < 4.78 is 41.5. The molecule has 32 heavy (non-hydrogen) atoms. The van der Waals surface area contributed by atoms with E-state index in [9.17, 15) is 17.6 Å². The first-order valence-electron chi connectivity index (χ1n) is 9.71. The normalized spacial score (nSPS) is 11.8. The van der Waals surface area contributed by atoms with Crippen LogP contribution in [0.2, 0.25) is 5.15 Å². The molecule has 168 valence electrons. The van der Waals surface area contributed by atoms with Crippen molar-refractivity contribution in [2.24, 2.45) is 0 Å². The fourth-order valence-corrected chi connectivity index (χ4v) is 4.21. The fourth-order valence-electron chi connectivity index (χ4n) is 2.84. The van der Waals surface area contributed by atoms with Gasteiger partial charge in [0.05, 0.1) is 16.3 Å². The van der Waals surface area contributed by atoms with Gasteiger partial charge in [0, 0.05) is 24.7 Å². The minimum atomic E-state index is -3.64. The zero-order valence-corrected chi connectivity index (χ0v) is 19.0. The number of carbonyl (C=O) groups is 1. The Morgan fingerprint density at radius 3 is 2.41 bits per heavy atom. The highest BCUT2D eigenvalue weighted by Crippen LogP contribution is 2.24. The molecule has 1 aromatic heterocycles. The van der Waals surface area contributed by atoms with Crippen molar-refractivity contribution >= 4 is 33.6 Å². The van der Waals surface area contributed by atoms with Crippen molar-refractivity contribution in [1.82, 2.24) is 19.8 Å². The monoisotopic (exact) mass is 476 g/mol. The molecule has 2 aromatic carbocycles. The van der Waals surface area contributed by atoms with Crippen LogP contribution in [0.15, 0.2) is 59.5 Å². The van der Waals surface area contributed by atoms with E-state index in [0.717, 1.165) is 5.56 Å². The average molecular weight is 477 g/mol. The number of sulfonamides is 1. The first kappa shape index (κ1) is 23.6. The number of hydrogen-bond donors (Lipinski definition) is 2. The van der Waals surface area contributed by atoms with Crippen LogP contribution in [0, 0.1) is 19.7 Å². The lowest BCUT2D eigenvalue weighted by Gasteiger charge is -2.07. The SMILES string of the molecule is Cc1ccc(S(=O)(=O)NCCNC(=O)C=Cc2c(C)nn(-c3ccc(F)cc3)c2Cl)cc1. The highest BCUT2D eigenvalue weighted by atomic mass is 35.5. The number of carbonyl (C=O) groups excluding carboxylic acids is 1. The van der Waals surface area contributed by atoms with Gasteiger partial charge in [0.2, 0.25) is 15.9 Å². The molecule has 0 atom stereocenters. The van der Waals surface area contributed by atoms with Gasteiger partial charge in [-0.05, 0) is 56.3 Å². The van der Waals surface area contributed by atoms with E-state index in [-0.39, 0.29) is 29.0 Å². The van der Waals surface area contributed by atoms with Gasteiger partial charge in [-0.25, -0.2) is 22.2 Å². The summed E-state index contributed by atoms with van der Waals surface area (Å²) in [6.45, 7) is 3.76. The van der Waals surface area contributed by atoms with Gasteiger partial charge >= 0.3 is 0 Å². The molecule has 1 heterocycles. The molecule has 0 spiro atoms. The highest BCUT2D eigenvalue weighted by molar-refractivity contribution is 7.89. The number of nitrogens with one attached hydrogen (secondary N) is 2. The Bertz CT molecular complexity index is 1240. The molecule has 0 aliphatic carbocycles. The molecule has 10 heteroatoms. The van der Waals surface area contributed by atoms with Crippen molar-refractivity contribution in [3.05, 3.63) is 82.4 Å². The van der Waals surface area contributed by atoms with Crippen LogP contribution in [-0.2, 0) is 14.8 Å². The van der Waals surface area contributed by atoms with Crippen molar-refractivity contribution < 1.29 is 17.6 Å². The minimum Gasteiger partial charge on any atom is -0.351 e. The Balaban J connectivity index is 1.55. The van der Waals surface area contributed by atoms with E-state index in [1.807, 2.05) is 6.92 Å². The van der Waals surface area contributed by atoms with Gasteiger partial charge in [0.25, 0.3) is 0 Å². The van der Waals surface area contributed by atoms with Crippen LogP contribution in [0.3, 0.4) is 0 Å². The van der Waals surface area contributed by atoms with E-state index in [0.29, 0.717) is 16.9 Å². The average Bonchev–Trinajstić information content (AvgIpc) is 3.04. The summed E-state index contributed by atoms with van der Waals surface area (Å²) in [5.41, 5.74) is 2.69. The predicted molar refractivity (Wildman–Crippen MR) is 122 cm³/mol. The smallest absolute Gasteiger partial charge is 0.244 e. The molecule has 0 aliphatic heterocycles. The number of nitrogens with zero attached hydrogens (tertiary/aromatic N) is 2. The summed E-state index contributed by atoms with van der Waals surface area (Å²) in [5, 5.41) is 7.21. The molecule has 0 radical (unpaired) electrons. The molecule has 0 unspecified atom stereocenters. The Morgan fingerprint density at radius 1 is 1.09 bits per heavy atom. The van der Waals surface area contributed by atoms with Crippen molar-refractivity contribution in [2.75, 3.05) is 13.1 Å². The zero-order valence-electron chi connectivity index (χ0n) is 17.5. The van der Waals surface area contributed by atoms with Crippen LogP contribution in [-0.4, -0.2) is 37.2 Å². The van der Waals surface area contributed by atoms with Gasteiger partial charge < -0.3 is 5.32 Å². The molecule has 3 rings (SSSR count). The zero-order chi connectivity index (χ0) is 23.3. The standard InChI is InChI=1S/C22H22ClFN4O3S/c1-15-3-9-19(10-4-15)32(30,31)26-14-13-25-21(29)12-11-20-16(2)27-28(22(20)23)18-7-5-17(24)6-8-18/h3-12,26H,13-14H2,1-2H3,(H,25,29). The van der Waals surface area contributed by atoms with Gasteiger partial charge in [-0.3, -0.25) is 4.79 Å². The summed E-state index contributed by atoms with van der Waals surface area (Å²) in [6, 6.07) is 12.2. The molecule has 0 aliphatic rings. The molecule has 0 saturated carbocycles. The van der Waals surface area contributed by atoms with Crippen molar-refractivity contribution in [3.8, 4) is 5.69 Å². The molecular weight excluding hydrogens is 455 g/mol. The maximum atomic E-state index is 13.1. The van der Waals surface area contributed by atoms with Crippen LogP contribution in [0.4, 0.5) is 4.39 Å². The number of aromatic nitrogens is 2. The third-order valence-corrected chi connectivity index (χ3v) is 6.41. The van der Waals surface area contributed by atoms with Gasteiger partial charge in [0.15, 0.2) is 0 Å². The van der Waals surface area contributed by atoms with Crippen molar-refractivity contribution in [3.63, 3.8) is 0 Å². The van der Waals surface area contributed by atoms with Crippen LogP contribution in [0.1, 0.15) is 16.8 Å². The van der Waals surface area contributed by atoms with E-state index in [1.54, 1.807) is 31.2 Å². The molecule has 3 aromatic rings. The van der Waals surface area contributed by atoms with Crippen LogP contribution in [0.25, 0.3) is 11.8 Å². The molecule has 0 saturated heterocycles. The maximum absolute atomic E-state index is 13.1. The molecule has 1 amide bonds. The third kappa shape index (κ3) is 5.82. The number of rotatable bonds is 8. The first-order chi connectivity index (χ1) is 15.2. The second-order valence-electron chi connectivity index (χ2n) is 7.01. The van der Waals surface area contributed by atoms with E-state index >= 15 is 0 Å². The van der Waals surface area contributed by atoms with E-state index in [4.69, 9.17) is 11.6 Å². The quantitative estimate of drug-likeness (QED) is 0.385. The highest BCUT2D eigenvalue weighted by Gasteiger charge is 2.14. The molecule has 7 nitrogen and oxygen atoms in total. The second kappa shape index (κ2) is 10.1. The molecule has 0 bridgehead atoms. The van der Waals surface area contributed by atoms with Gasteiger partial charge in [-0.2, -0.15) is 5.10 Å². The van der Waals surface area contributed by atoms with Crippen LogP contribution < -0.4 is 10.0 Å². The lowest BCUT2D eigenvalue weighted by atomic mass is 10.2. The van der Waals surface area contributed by atoms with Crippen LogP contribution >= 0.6 is 11.6 Å². The molecule has 2 N–H and O–H groups in total. The number of aryl methyl sites for hydroxylation is 2. The molecular formula is C22H22ClFN4O3S. The fraction of sp³-hybridized carbons (Fsp3) is 0.182. The number of halogens is 2. The minimum absolute atomic E-state index is 0.0398.